The van der Waals surface area contributed by atoms with Crippen molar-refractivity contribution >= 4 is 23.2 Å². The van der Waals surface area contributed by atoms with Crippen molar-refractivity contribution in [2.24, 2.45) is 0 Å². The fourth-order valence-electron chi connectivity index (χ4n) is 7.51. The average molecular weight is 731 g/mol. The molecule has 0 bridgehead atoms. The van der Waals surface area contributed by atoms with E-state index in [-0.39, 0.29) is 30.6 Å². The molecule has 6 rings (SSSR count). The van der Waals surface area contributed by atoms with Gasteiger partial charge >= 0.3 is 0 Å². The number of unbranched alkanes of at least 4 members (excludes halogenated alkanes) is 1. The number of aliphatic hydroxyl groups is 1. The van der Waals surface area contributed by atoms with E-state index in [1.165, 1.54) is 25.7 Å². The van der Waals surface area contributed by atoms with Crippen molar-refractivity contribution in [3.05, 3.63) is 132 Å². The number of nitrogens with one attached hydrogen (secondary N) is 2. The van der Waals surface area contributed by atoms with Crippen LogP contribution in [0.4, 0.5) is 11.4 Å². The van der Waals surface area contributed by atoms with Crippen LogP contribution in [0.1, 0.15) is 92.4 Å². The van der Waals surface area contributed by atoms with Crippen LogP contribution in [0.25, 0.3) is 11.1 Å². The minimum absolute atomic E-state index is 0.00637. The van der Waals surface area contributed by atoms with Gasteiger partial charge in [-0.15, -0.1) is 6.58 Å². The smallest absolute Gasteiger partial charge is 0.224 e. The van der Waals surface area contributed by atoms with Gasteiger partial charge in [-0.2, -0.15) is 0 Å². The summed E-state index contributed by atoms with van der Waals surface area (Å²) in [5.41, 5.74) is 13.0. The molecule has 1 saturated heterocycles. The van der Waals surface area contributed by atoms with Crippen molar-refractivity contribution in [3.8, 4) is 11.1 Å². The molecule has 0 unspecified atom stereocenters. The Kier molecular flexibility index (Phi) is 14.1. The van der Waals surface area contributed by atoms with Gasteiger partial charge in [-0.1, -0.05) is 91.7 Å². The summed E-state index contributed by atoms with van der Waals surface area (Å²) in [5.74, 6) is -0.158. The highest BCUT2D eigenvalue weighted by atomic mass is 16.7. The number of nitrogens with two attached hydrogens (primary N) is 1. The van der Waals surface area contributed by atoms with E-state index in [0.717, 1.165) is 52.9 Å². The molecule has 1 aliphatic heterocycles. The fraction of sp³-hybridized carbons (Fsp3) is 0.378. The Morgan fingerprint density at radius 2 is 1.56 bits per heavy atom. The van der Waals surface area contributed by atoms with Crippen molar-refractivity contribution in [2.75, 3.05) is 24.1 Å². The molecule has 9 heteroatoms. The maximum absolute atomic E-state index is 12.7. The van der Waals surface area contributed by atoms with E-state index in [2.05, 4.69) is 64.6 Å². The van der Waals surface area contributed by atoms with E-state index in [4.69, 9.17) is 15.2 Å². The SMILES string of the molecule is C=CCN(C[C@H]1C[C@@H](c2ccc(CO)cc2)O[C@@H](c2cccc(-c3cccc(CNC(=O)CCCCC(=O)Nc4ccccc4N)c3)c2)O1)C1CCCC1. The van der Waals surface area contributed by atoms with Crippen LogP contribution in [-0.2, 0) is 32.2 Å². The molecule has 54 heavy (non-hydrogen) atoms. The molecule has 2 amide bonds. The first-order valence-electron chi connectivity index (χ1n) is 19.3. The molecule has 4 aromatic rings. The lowest BCUT2D eigenvalue weighted by Gasteiger charge is -2.39. The third-order valence-corrected chi connectivity index (χ3v) is 10.5. The number of aliphatic hydroxyl groups excluding tert-OH is 1. The summed E-state index contributed by atoms with van der Waals surface area (Å²) in [4.78, 5) is 27.5. The van der Waals surface area contributed by atoms with Gasteiger partial charge in [-0.3, -0.25) is 14.5 Å². The summed E-state index contributed by atoms with van der Waals surface area (Å²) in [6, 6.07) is 32.3. The number of benzene rings is 4. The Bertz CT molecular complexity index is 1840. The maximum atomic E-state index is 12.7. The number of anilines is 2. The Hall–Kier alpha value is -4.80. The second-order valence-corrected chi connectivity index (χ2v) is 14.5. The zero-order chi connectivity index (χ0) is 37.7. The van der Waals surface area contributed by atoms with Crippen LogP contribution >= 0.6 is 0 Å². The third kappa shape index (κ3) is 10.9. The van der Waals surface area contributed by atoms with Gasteiger partial charge in [0.1, 0.15) is 0 Å². The van der Waals surface area contributed by atoms with Crippen molar-refractivity contribution in [3.63, 3.8) is 0 Å². The van der Waals surface area contributed by atoms with Gasteiger partial charge in [0.25, 0.3) is 0 Å². The second-order valence-electron chi connectivity index (χ2n) is 14.5. The number of amides is 2. The summed E-state index contributed by atoms with van der Waals surface area (Å²) in [6.07, 6.45) is 8.85. The van der Waals surface area contributed by atoms with Crippen LogP contribution in [0, 0.1) is 0 Å². The van der Waals surface area contributed by atoms with Crippen molar-refractivity contribution in [2.45, 2.75) is 95.5 Å². The number of hydrogen-bond donors (Lipinski definition) is 4. The molecule has 2 fully saturated rings. The first-order chi connectivity index (χ1) is 26.4. The number of carbonyl (C=O) groups excluding carboxylic acids is 2. The third-order valence-electron chi connectivity index (χ3n) is 10.5. The molecule has 3 atom stereocenters. The zero-order valence-corrected chi connectivity index (χ0v) is 31.1. The molecule has 5 N–H and O–H groups in total. The lowest BCUT2D eigenvalue weighted by molar-refractivity contribution is -0.253. The molecule has 9 nitrogen and oxygen atoms in total. The molecule has 2 aliphatic rings. The van der Waals surface area contributed by atoms with Gasteiger partial charge < -0.3 is 30.9 Å². The van der Waals surface area contributed by atoms with Crippen LogP contribution in [-0.4, -0.2) is 47.1 Å². The van der Waals surface area contributed by atoms with E-state index in [1.807, 2.05) is 48.5 Å². The van der Waals surface area contributed by atoms with Crippen LogP contribution in [0.3, 0.4) is 0 Å². The van der Waals surface area contributed by atoms with Gasteiger partial charge in [0.2, 0.25) is 11.8 Å². The summed E-state index contributed by atoms with van der Waals surface area (Å²) in [5, 5.41) is 15.5. The molecule has 1 heterocycles. The highest BCUT2D eigenvalue weighted by molar-refractivity contribution is 5.93. The Labute approximate surface area is 319 Å². The molecule has 0 radical (unpaired) electrons. The van der Waals surface area contributed by atoms with E-state index < -0.39 is 6.29 Å². The van der Waals surface area contributed by atoms with Gasteiger partial charge in [-0.05, 0) is 77.8 Å². The summed E-state index contributed by atoms with van der Waals surface area (Å²) in [7, 11) is 0. The van der Waals surface area contributed by atoms with Gasteiger partial charge in [0.05, 0.1) is 30.2 Å². The topological polar surface area (TPSA) is 126 Å². The molecule has 1 saturated carbocycles. The highest BCUT2D eigenvalue weighted by Crippen LogP contribution is 2.39. The van der Waals surface area contributed by atoms with Crippen LogP contribution in [0.2, 0.25) is 0 Å². The highest BCUT2D eigenvalue weighted by Gasteiger charge is 2.34. The predicted molar refractivity (Wildman–Crippen MR) is 214 cm³/mol. The molecule has 284 valence electrons. The number of rotatable bonds is 17. The lowest BCUT2D eigenvalue weighted by atomic mass is 9.98. The predicted octanol–water partition coefficient (Wildman–Crippen LogP) is 8.22. The minimum Gasteiger partial charge on any atom is -0.397 e. The van der Waals surface area contributed by atoms with Crippen molar-refractivity contribution < 1.29 is 24.2 Å². The largest absolute Gasteiger partial charge is 0.397 e. The summed E-state index contributed by atoms with van der Waals surface area (Å²) < 4.78 is 13.5. The molecular weight excluding hydrogens is 677 g/mol. The van der Waals surface area contributed by atoms with Crippen molar-refractivity contribution in [1.29, 1.82) is 0 Å². The second kappa shape index (κ2) is 19.5. The first-order valence-corrected chi connectivity index (χ1v) is 19.3. The summed E-state index contributed by atoms with van der Waals surface area (Å²) >= 11 is 0. The fourth-order valence-corrected chi connectivity index (χ4v) is 7.51. The van der Waals surface area contributed by atoms with Crippen LogP contribution in [0.5, 0.6) is 0 Å². The number of nitrogen functional groups attached to an aromatic ring is 1. The normalized spacial score (nSPS) is 18.7. The molecular formula is C45H54N4O5. The molecule has 4 aromatic carbocycles. The number of ether oxygens (including phenoxy) is 2. The lowest BCUT2D eigenvalue weighted by Crippen LogP contribution is -2.43. The van der Waals surface area contributed by atoms with Gasteiger partial charge in [0.15, 0.2) is 6.29 Å². The monoisotopic (exact) mass is 730 g/mol. The van der Waals surface area contributed by atoms with Crippen LogP contribution < -0.4 is 16.4 Å². The zero-order valence-electron chi connectivity index (χ0n) is 31.1. The van der Waals surface area contributed by atoms with E-state index in [9.17, 15) is 14.7 Å². The molecule has 0 aromatic heterocycles. The quantitative estimate of drug-likeness (QED) is 0.0490. The molecule has 1 aliphatic carbocycles. The molecule has 0 spiro atoms. The number of hydrogen-bond acceptors (Lipinski definition) is 7. The number of carbonyl (C=O) groups is 2. The average Bonchev–Trinajstić information content (AvgIpc) is 3.75. The standard InChI is InChI=1S/C45H54N4O5/c1-2-25-49(38-15-3-4-16-38)30-39-28-42(34-23-21-32(31-50)22-24-34)54-45(53-39)37-14-10-13-36(27-37)35-12-9-11-33(26-35)29-47-43(51)19-7-8-20-44(52)48-41-18-6-5-17-40(41)46/h2,5-6,9-14,17-18,21-24,26-27,38-39,42,45,50H,1,3-4,7-8,15-16,19-20,25,28-31,46H2,(H,47,51)(H,48,52)/t39-,42+,45+/m1/s1. The first kappa shape index (κ1) is 38.9. The number of nitrogens with zero attached hydrogens (tertiary/aromatic N) is 1. The van der Waals surface area contributed by atoms with E-state index in [0.29, 0.717) is 49.6 Å². The summed E-state index contributed by atoms with van der Waals surface area (Å²) in [6.45, 7) is 6.11. The van der Waals surface area contributed by atoms with Gasteiger partial charge in [0, 0.05) is 50.5 Å². The van der Waals surface area contributed by atoms with Crippen molar-refractivity contribution in [1.82, 2.24) is 10.2 Å². The minimum atomic E-state index is -0.551. The Balaban J connectivity index is 1.07. The van der Waals surface area contributed by atoms with E-state index >= 15 is 0 Å². The van der Waals surface area contributed by atoms with E-state index in [1.54, 1.807) is 12.1 Å². The number of para-hydroxylation sites is 2. The maximum Gasteiger partial charge on any atom is 0.224 e. The Morgan fingerprint density at radius 1 is 0.833 bits per heavy atom. The Morgan fingerprint density at radius 3 is 2.30 bits per heavy atom. The van der Waals surface area contributed by atoms with Crippen LogP contribution in [0.15, 0.2) is 110 Å². The van der Waals surface area contributed by atoms with Gasteiger partial charge in [-0.25, -0.2) is 0 Å².